The number of anilines is 2. The lowest BCUT2D eigenvalue weighted by Crippen LogP contribution is -2.32. The van der Waals surface area contributed by atoms with Crippen molar-refractivity contribution in [2.45, 2.75) is 26.4 Å². The number of amides is 1. The number of nitrogens with one attached hydrogen (secondary N) is 2. The molecule has 6 rings (SSSR count). The average molecular weight is 541 g/mol. The second-order valence-corrected chi connectivity index (χ2v) is 9.70. The van der Waals surface area contributed by atoms with Gasteiger partial charge in [-0.2, -0.15) is 0 Å². The summed E-state index contributed by atoms with van der Waals surface area (Å²) in [5.74, 6) is -0.317. The van der Waals surface area contributed by atoms with Crippen LogP contribution >= 0.6 is 11.3 Å². The van der Waals surface area contributed by atoms with E-state index in [0.717, 1.165) is 27.4 Å². The van der Waals surface area contributed by atoms with Gasteiger partial charge in [-0.05, 0) is 19.4 Å². The average Bonchev–Trinajstić information content (AvgIpc) is 3.57. The van der Waals surface area contributed by atoms with Gasteiger partial charge in [-0.3, -0.25) is 4.79 Å². The number of para-hydroxylation sites is 1. The van der Waals surface area contributed by atoms with Gasteiger partial charge in [0.25, 0.3) is 11.8 Å². The van der Waals surface area contributed by atoms with E-state index in [2.05, 4.69) is 40.8 Å². The summed E-state index contributed by atoms with van der Waals surface area (Å²) in [4.78, 5) is 31.8. The SMILES string of the molecule is CCc1nc(-c2nnc(N[C@@H]3N=C(c4ccccc4)c4cccc(F)c4NC3=O)o2)c(-c2cnc(C)nc2)s1. The fraction of sp³-hybridized carbons (Fsp3) is 0.148. The number of aryl methyl sites for hydroxylation is 2. The molecule has 0 saturated heterocycles. The number of aromatic nitrogens is 5. The van der Waals surface area contributed by atoms with Crippen LogP contribution in [-0.2, 0) is 11.2 Å². The topological polar surface area (TPSA) is 131 Å². The Balaban J connectivity index is 1.36. The molecule has 39 heavy (non-hydrogen) atoms. The maximum atomic E-state index is 14.7. The van der Waals surface area contributed by atoms with Crippen molar-refractivity contribution in [3.63, 3.8) is 0 Å². The lowest BCUT2D eigenvalue weighted by Gasteiger charge is -2.11. The highest BCUT2D eigenvalue weighted by Gasteiger charge is 2.29. The van der Waals surface area contributed by atoms with Crippen LogP contribution < -0.4 is 10.6 Å². The van der Waals surface area contributed by atoms with Crippen molar-refractivity contribution in [3.8, 4) is 22.0 Å². The summed E-state index contributed by atoms with van der Waals surface area (Å²) in [6.07, 6.45) is 2.99. The number of hydrogen-bond acceptors (Lipinski definition) is 10. The van der Waals surface area contributed by atoms with Gasteiger partial charge >= 0.3 is 6.01 Å². The number of halogens is 1. The fourth-order valence-corrected chi connectivity index (χ4v) is 5.05. The molecule has 1 atom stereocenters. The number of hydrogen-bond donors (Lipinski definition) is 2. The van der Waals surface area contributed by atoms with E-state index in [-0.39, 0.29) is 17.6 Å². The first-order valence-electron chi connectivity index (χ1n) is 12.1. The number of carbonyl (C=O) groups excluding carboxylic acids is 1. The predicted molar refractivity (Wildman–Crippen MR) is 145 cm³/mol. The molecule has 0 spiro atoms. The fourth-order valence-electron chi connectivity index (χ4n) is 4.08. The third-order valence-corrected chi connectivity index (χ3v) is 7.22. The number of benzene rings is 2. The van der Waals surface area contributed by atoms with Crippen LogP contribution in [0, 0.1) is 12.7 Å². The Labute approximate surface area is 226 Å². The summed E-state index contributed by atoms with van der Waals surface area (Å²) in [5.41, 5.74) is 2.95. The van der Waals surface area contributed by atoms with Gasteiger partial charge in [0, 0.05) is 29.1 Å². The Hall–Kier alpha value is -4.84. The lowest BCUT2D eigenvalue weighted by molar-refractivity contribution is -0.116. The van der Waals surface area contributed by atoms with Gasteiger partial charge in [-0.15, -0.1) is 16.4 Å². The zero-order chi connectivity index (χ0) is 26.9. The number of nitrogens with zero attached hydrogens (tertiary/aromatic N) is 6. The Morgan fingerprint density at radius 3 is 2.62 bits per heavy atom. The van der Waals surface area contributed by atoms with Crippen LogP contribution in [0.5, 0.6) is 0 Å². The maximum Gasteiger partial charge on any atom is 0.317 e. The van der Waals surface area contributed by atoms with Gasteiger partial charge in [-0.1, -0.05) is 54.5 Å². The van der Waals surface area contributed by atoms with Crippen LogP contribution in [0.15, 0.2) is 70.3 Å². The molecule has 0 saturated carbocycles. The summed E-state index contributed by atoms with van der Waals surface area (Å²) >= 11 is 1.49. The molecular formula is C27H21FN8O2S. The smallest absolute Gasteiger partial charge is 0.317 e. The van der Waals surface area contributed by atoms with E-state index in [4.69, 9.17) is 4.42 Å². The van der Waals surface area contributed by atoms with Crippen LogP contribution in [0.25, 0.3) is 22.0 Å². The standard InChI is InChI=1S/C27H21FN8O2S/c1-3-19-31-22(23(39-19)16-12-29-14(2)30-13-16)26-35-36-27(38-26)34-24-25(37)33-21-17(10-7-11-18(21)28)20(32-24)15-8-5-4-6-9-15/h4-13,24H,3H2,1-2H3,(H,33,37)(H,34,36)/t24-/m0/s1. The van der Waals surface area contributed by atoms with Gasteiger partial charge in [0.15, 0.2) is 0 Å². The molecule has 0 unspecified atom stereocenters. The van der Waals surface area contributed by atoms with Gasteiger partial charge in [0.1, 0.15) is 17.3 Å². The van der Waals surface area contributed by atoms with Gasteiger partial charge in [0.2, 0.25) is 6.17 Å². The second-order valence-electron chi connectivity index (χ2n) is 8.61. The molecule has 4 heterocycles. The van der Waals surface area contributed by atoms with Gasteiger partial charge in [0.05, 0.1) is 21.3 Å². The number of rotatable bonds is 6. The molecule has 3 aromatic heterocycles. The molecule has 2 N–H and O–H groups in total. The molecule has 0 bridgehead atoms. The van der Waals surface area contributed by atoms with E-state index >= 15 is 0 Å². The molecule has 2 aromatic carbocycles. The molecule has 1 aliphatic heterocycles. The lowest BCUT2D eigenvalue weighted by atomic mass is 10.0. The minimum Gasteiger partial charge on any atom is -0.402 e. The Morgan fingerprint density at radius 2 is 1.85 bits per heavy atom. The predicted octanol–water partition coefficient (Wildman–Crippen LogP) is 4.89. The number of carbonyl (C=O) groups is 1. The maximum absolute atomic E-state index is 14.7. The molecule has 10 nitrogen and oxygen atoms in total. The van der Waals surface area contributed by atoms with Crippen molar-refractivity contribution in [2.75, 3.05) is 10.6 Å². The van der Waals surface area contributed by atoms with Gasteiger partial charge in [-0.25, -0.2) is 24.3 Å². The molecule has 0 fully saturated rings. The number of benzodiazepines with no additional fused rings is 1. The third kappa shape index (κ3) is 4.77. The van der Waals surface area contributed by atoms with E-state index < -0.39 is 17.9 Å². The van der Waals surface area contributed by atoms with Crippen LogP contribution in [0.2, 0.25) is 0 Å². The zero-order valence-corrected chi connectivity index (χ0v) is 21.7. The monoisotopic (exact) mass is 540 g/mol. The van der Waals surface area contributed by atoms with Crippen molar-refractivity contribution in [1.29, 1.82) is 0 Å². The molecule has 194 valence electrons. The molecule has 1 amide bonds. The van der Waals surface area contributed by atoms with Crippen LogP contribution in [0.3, 0.4) is 0 Å². The highest BCUT2D eigenvalue weighted by Crippen LogP contribution is 2.36. The molecule has 0 aliphatic carbocycles. The van der Waals surface area contributed by atoms with Crippen LogP contribution in [-0.4, -0.2) is 42.9 Å². The normalized spacial score (nSPS) is 14.8. The number of aliphatic imine (C=N–C) groups is 1. The molecule has 0 radical (unpaired) electrons. The van der Waals surface area contributed by atoms with E-state index in [1.165, 1.54) is 17.4 Å². The first-order valence-corrected chi connectivity index (χ1v) is 12.9. The highest BCUT2D eigenvalue weighted by molar-refractivity contribution is 7.15. The summed E-state index contributed by atoms with van der Waals surface area (Å²) in [6.45, 7) is 3.82. The second kappa shape index (κ2) is 10.1. The van der Waals surface area contributed by atoms with Crippen molar-refractivity contribution in [3.05, 3.63) is 88.7 Å². The molecule has 5 aromatic rings. The van der Waals surface area contributed by atoms with Gasteiger partial charge < -0.3 is 15.1 Å². The Bertz CT molecular complexity index is 1700. The minimum atomic E-state index is -1.17. The van der Waals surface area contributed by atoms with Crippen molar-refractivity contribution < 1.29 is 13.6 Å². The van der Waals surface area contributed by atoms with E-state index in [9.17, 15) is 9.18 Å². The largest absolute Gasteiger partial charge is 0.402 e. The highest BCUT2D eigenvalue weighted by atomic mass is 32.1. The summed E-state index contributed by atoms with van der Waals surface area (Å²) in [5, 5.41) is 14.7. The van der Waals surface area contributed by atoms with Crippen molar-refractivity contribution in [1.82, 2.24) is 25.1 Å². The van der Waals surface area contributed by atoms with Crippen molar-refractivity contribution in [2.24, 2.45) is 4.99 Å². The molecule has 1 aliphatic rings. The summed E-state index contributed by atoms with van der Waals surface area (Å²) < 4.78 is 20.6. The zero-order valence-electron chi connectivity index (χ0n) is 20.8. The molecular weight excluding hydrogens is 519 g/mol. The van der Waals surface area contributed by atoms with Crippen LogP contribution in [0.1, 0.15) is 28.9 Å². The Morgan fingerprint density at radius 1 is 1.05 bits per heavy atom. The molecule has 12 heteroatoms. The summed E-state index contributed by atoms with van der Waals surface area (Å²) in [6, 6.07) is 13.8. The third-order valence-electron chi connectivity index (χ3n) is 5.98. The van der Waals surface area contributed by atoms with Crippen molar-refractivity contribution >= 4 is 34.7 Å². The summed E-state index contributed by atoms with van der Waals surface area (Å²) in [7, 11) is 0. The van der Waals surface area contributed by atoms with E-state index in [0.29, 0.717) is 22.8 Å². The van der Waals surface area contributed by atoms with E-state index in [1.54, 1.807) is 24.5 Å². The van der Waals surface area contributed by atoms with Crippen LogP contribution in [0.4, 0.5) is 16.1 Å². The number of fused-ring (bicyclic) bond motifs is 1. The number of thiazole rings is 1. The Kier molecular flexibility index (Phi) is 6.37. The first-order chi connectivity index (χ1) is 19.0. The van der Waals surface area contributed by atoms with E-state index in [1.807, 2.05) is 44.2 Å². The first kappa shape index (κ1) is 24.5. The quantitative estimate of drug-likeness (QED) is 0.311. The minimum absolute atomic E-state index is 0.0371.